The molecule has 2 unspecified atom stereocenters. The lowest BCUT2D eigenvalue weighted by Crippen LogP contribution is -2.30. The Morgan fingerprint density at radius 2 is 0.465 bits per heavy atom. The van der Waals surface area contributed by atoms with Gasteiger partial charge in [0.1, 0.15) is 19.3 Å². The highest BCUT2D eigenvalue weighted by Crippen LogP contribution is 2.45. The zero-order chi connectivity index (χ0) is 72.8. The van der Waals surface area contributed by atoms with E-state index in [1.807, 2.05) is 0 Å². The van der Waals surface area contributed by atoms with Gasteiger partial charge < -0.3 is 33.8 Å². The minimum atomic E-state index is -4.96. The average molecular weight is 1450 g/mol. The van der Waals surface area contributed by atoms with E-state index < -0.39 is 97.5 Å². The van der Waals surface area contributed by atoms with Crippen LogP contribution in [-0.2, 0) is 65.4 Å². The third-order valence-corrected chi connectivity index (χ3v) is 20.6. The van der Waals surface area contributed by atoms with E-state index in [9.17, 15) is 43.2 Å². The second-order valence-electron chi connectivity index (χ2n) is 29.8. The summed E-state index contributed by atoms with van der Waals surface area (Å²) in [5, 5.41) is 10.6. The molecule has 0 fully saturated rings. The van der Waals surface area contributed by atoms with Gasteiger partial charge >= 0.3 is 39.5 Å². The molecule has 0 spiro atoms. The minimum absolute atomic E-state index is 0.106. The van der Waals surface area contributed by atoms with Gasteiger partial charge in [-0.25, -0.2) is 9.13 Å². The summed E-state index contributed by atoms with van der Waals surface area (Å²) < 4.78 is 68.4. The van der Waals surface area contributed by atoms with Crippen LogP contribution >= 0.6 is 15.6 Å². The van der Waals surface area contributed by atoms with Crippen molar-refractivity contribution in [2.24, 2.45) is 11.8 Å². The molecule has 0 heterocycles. The van der Waals surface area contributed by atoms with Crippen LogP contribution in [0.5, 0.6) is 0 Å². The lowest BCUT2D eigenvalue weighted by atomic mass is 10.0. The fourth-order valence-electron chi connectivity index (χ4n) is 12.4. The zero-order valence-corrected chi connectivity index (χ0v) is 66.6. The highest BCUT2D eigenvalue weighted by molar-refractivity contribution is 7.47. The number of unbranched alkanes of at least 4 members (excludes halogenated alkanes) is 49. The molecule has 0 aliphatic carbocycles. The average Bonchev–Trinajstić information content (AvgIpc) is 1.01. The molecule has 5 atom stereocenters. The summed E-state index contributed by atoms with van der Waals surface area (Å²) in [7, 11) is -9.91. The van der Waals surface area contributed by atoms with Crippen molar-refractivity contribution in [3.8, 4) is 0 Å². The summed E-state index contributed by atoms with van der Waals surface area (Å²) >= 11 is 0. The Balaban J connectivity index is 5.12. The molecule has 0 aliphatic rings. The fraction of sp³-hybridized carbons (Fsp3) is 0.950. The van der Waals surface area contributed by atoms with Crippen LogP contribution in [0.3, 0.4) is 0 Å². The van der Waals surface area contributed by atoms with Crippen molar-refractivity contribution in [3.05, 3.63) is 0 Å². The number of esters is 4. The van der Waals surface area contributed by atoms with Crippen molar-refractivity contribution >= 4 is 39.5 Å². The Kier molecular flexibility index (Phi) is 70.3. The van der Waals surface area contributed by atoms with E-state index in [4.69, 9.17) is 37.0 Å². The van der Waals surface area contributed by atoms with Crippen LogP contribution in [0.15, 0.2) is 0 Å². The van der Waals surface area contributed by atoms with Gasteiger partial charge in [0.25, 0.3) is 0 Å². The van der Waals surface area contributed by atoms with Crippen molar-refractivity contribution in [1.29, 1.82) is 0 Å². The Morgan fingerprint density at radius 3 is 0.687 bits per heavy atom. The number of carbonyl (C=O) groups is 4. The topological polar surface area (TPSA) is 237 Å². The first-order valence-corrected chi connectivity index (χ1v) is 44.5. The third kappa shape index (κ3) is 74.1. The monoisotopic (exact) mass is 1450 g/mol. The van der Waals surface area contributed by atoms with Crippen molar-refractivity contribution in [2.75, 3.05) is 39.6 Å². The first kappa shape index (κ1) is 97.1. The van der Waals surface area contributed by atoms with Crippen LogP contribution in [0, 0.1) is 11.8 Å². The highest BCUT2D eigenvalue weighted by atomic mass is 31.2. The Bertz CT molecular complexity index is 1910. The molecule has 0 rings (SSSR count). The van der Waals surface area contributed by atoms with E-state index in [0.717, 1.165) is 108 Å². The van der Waals surface area contributed by atoms with E-state index in [0.29, 0.717) is 25.7 Å². The molecule has 99 heavy (non-hydrogen) atoms. The molecular formula is C80H156O17P2. The van der Waals surface area contributed by atoms with Gasteiger partial charge in [0.2, 0.25) is 0 Å². The summed E-state index contributed by atoms with van der Waals surface area (Å²) in [6, 6.07) is 0. The molecule has 0 bridgehead atoms. The lowest BCUT2D eigenvalue weighted by Gasteiger charge is -2.21. The molecule has 3 N–H and O–H groups in total. The number of phosphoric ester groups is 2. The molecule has 0 aliphatic heterocycles. The first-order chi connectivity index (χ1) is 47.9. The summed E-state index contributed by atoms with van der Waals surface area (Å²) in [4.78, 5) is 72.7. The SMILES string of the molecule is CCCCCCCCCCCCCCCCCCCCCC(=O)OC[C@H](COP(=O)(O)OC[C@@H](O)COP(=O)(O)OC[C@@H](COC(=O)CCCCCCC)OC(=O)CCCCCCCCCCCCCC(C)C)OC(=O)CCCCCCCCCCCCCCCCCCCCC(C)C. The largest absolute Gasteiger partial charge is 0.472 e. The second-order valence-corrected chi connectivity index (χ2v) is 32.7. The quantitative estimate of drug-likeness (QED) is 0.0222. The van der Waals surface area contributed by atoms with Crippen LogP contribution in [0.2, 0.25) is 0 Å². The predicted octanol–water partition coefficient (Wildman–Crippen LogP) is 23.9. The summed E-state index contributed by atoms with van der Waals surface area (Å²) in [5.41, 5.74) is 0. The van der Waals surface area contributed by atoms with Crippen LogP contribution in [0.25, 0.3) is 0 Å². The van der Waals surface area contributed by atoms with Gasteiger partial charge in [-0.3, -0.25) is 37.3 Å². The van der Waals surface area contributed by atoms with E-state index in [1.54, 1.807) is 0 Å². The number of aliphatic hydroxyl groups excluding tert-OH is 1. The van der Waals surface area contributed by atoms with E-state index in [-0.39, 0.29) is 25.7 Å². The third-order valence-electron chi connectivity index (χ3n) is 18.7. The van der Waals surface area contributed by atoms with Gasteiger partial charge in [-0.2, -0.15) is 0 Å². The summed E-state index contributed by atoms with van der Waals surface area (Å²) in [6.07, 6.45) is 61.6. The maximum Gasteiger partial charge on any atom is 0.472 e. The summed E-state index contributed by atoms with van der Waals surface area (Å²) in [5.74, 6) is -0.536. The number of phosphoric acid groups is 2. The smallest absolute Gasteiger partial charge is 0.462 e. The maximum absolute atomic E-state index is 13.1. The predicted molar refractivity (Wildman–Crippen MR) is 405 cm³/mol. The molecule has 0 saturated heterocycles. The molecule has 0 amide bonds. The Morgan fingerprint density at radius 1 is 0.273 bits per heavy atom. The number of carbonyl (C=O) groups excluding carboxylic acids is 4. The Hall–Kier alpha value is -1.94. The number of aliphatic hydroxyl groups is 1. The fourth-order valence-corrected chi connectivity index (χ4v) is 13.9. The van der Waals surface area contributed by atoms with E-state index >= 15 is 0 Å². The number of rotatable bonds is 79. The number of ether oxygens (including phenoxy) is 4. The zero-order valence-electron chi connectivity index (χ0n) is 64.8. The van der Waals surface area contributed by atoms with Crippen LogP contribution in [0.4, 0.5) is 0 Å². The second kappa shape index (κ2) is 71.7. The maximum atomic E-state index is 13.1. The lowest BCUT2D eigenvalue weighted by molar-refractivity contribution is -0.161. The van der Waals surface area contributed by atoms with Gasteiger partial charge in [0.05, 0.1) is 26.4 Å². The van der Waals surface area contributed by atoms with Gasteiger partial charge in [-0.15, -0.1) is 0 Å². The molecule has 19 heteroatoms. The number of hydrogen-bond donors (Lipinski definition) is 3. The minimum Gasteiger partial charge on any atom is -0.462 e. The molecule has 0 saturated carbocycles. The standard InChI is InChI=1S/C80H156O17P2/c1-7-9-11-13-14-15-16-17-18-19-20-24-27-30-35-40-45-51-57-63-78(83)91-69-76(97-80(85)64-58-52-46-41-36-31-28-25-22-21-23-26-29-33-38-43-49-54-60-72(3)4)71-95-99(88,89)93-67-74(81)66-92-98(86,87)94-70-75(68-90-77(82)62-56-48-12-10-8-2)96-79(84)65-59-53-47-42-37-32-34-39-44-50-55-61-73(5)6/h72-76,81H,7-71H2,1-6H3,(H,86,87)(H,88,89)/t74-,75+,76+/m0/s1. The van der Waals surface area contributed by atoms with Crippen LogP contribution in [0.1, 0.15) is 420 Å². The number of hydrogen-bond acceptors (Lipinski definition) is 15. The first-order valence-electron chi connectivity index (χ1n) is 41.5. The van der Waals surface area contributed by atoms with Gasteiger partial charge in [-0.1, -0.05) is 369 Å². The normalized spacial score (nSPS) is 13.9. The van der Waals surface area contributed by atoms with Gasteiger partial charge in [0.15, 0.2) is 12.2 Å². The molecule has 17 nitrogen and oxygen atoms in total. The van der Waals surface area contributed by atoms with Crippen molar-refractivity contribution in [3.63, 3.8) is 0 Å². The van der Waals surface area contributed by atoms with Crippen molar-refractivity contribution < 1.29 is 80.2 Å². The van der Waals surface area contributed by atoms with Gasteiger partial charge in [-0.05, 0) is 37.5 Å². The van der Waals surface area contributed by atoms with Crippen LogP contribution in [-0.4, -0.2) is 96.7 Å². The van der Waals surface area contributed by atoms with E-state index in [1.165, 1.54) is 231 Å². The molecule has 0 radical (unpaired) electrons. The molecule has 0 aromatic rings. The van der Waals surface area contributed by atoms with Crippen molar-refractivity contribution in [1.82, 2.24) is 0 Å². The Labute approximate surface area is 607 Å². The molecular weight excluding hydrogens is 1290 g/mol. The van der Waals surface area contributed by atoms with E-state index in [2.05, 4.69) is 41.5 Å². The van der Waals surface area contributed by atoms with Crippen molar-refractivity contribution in [2.45, 2.75) is 439 Å². The molecule has 0 aromatic carbocycles. The molecule has 0 aromatic heterocycles. The van der Waals surface area contributed by atoms with Gasteiger partial charge in [0, 0.05) is 25.7 Å². The summed E-state index contributed by atoms with van der Waals surface area (Å²) in [6.45, 7) is 9.57. The van der Waals surface area contributed by atoms with Crippen LogP contribution < -0.4 is 0 Å². The molecule has 588 valence electrons. The highest BCUT2D eigenvalue weighted by Gasteiger charge is 2.30.